The zero-order valence-electron chi connectivity index (χ0n) is 33.1. The summed E-state index contributed by atoms with van der Waals surface area (Å²) in [6.45, 7) is 2.32. The second-order valence-corrected chi connectivity index (χ2v) is 15.4. The molecule has 10 rings (SSSR count). The molecule has 0 aliphatic heterocycles. The van der Waals surface area contributed by atoms with Crippen molar-refractivity contribution in [2.75, 3.05) is 9.80 Å². The Bertz CT molecular complexity index is 2970. The third-order valence-electron chi connectivity index (χ3n) is 11.7. The normalized spacial score (nSPS) is 13.6. The fraction of sp³-hybridized carbons (Fsp3) is 0.0526. The van der Waals surface area contributed by atoms with Gasteiger partial charge in [-0.15, -0.1) is 0 Å². The van der Waals surface area contributed by atoms with Gasteiger partial charge in [0.05, 0.1) is 11.4 Å². The second-order valence-electron chi connectivity index (χ2n) is 15.4. The first kappa shape index (κ1) is 36.0. The molecule has 0 N–H and O–H groups in total. The lowest BCUT2D eigenvalue weighted by molar-refractivity contribution is 0.670. The Hall–Kier alpha value is -7.42. The summed E-state index contributed by atoms with van der Waals surface area (Å²) < 4.78 is 0. The molecule has 0 heterocycles. The van der Waals surface area contributed by atoms with Crippen LogP contribution in [0.1, 0.15) is 13.3 Å². The number of allylic oxidation sites excluding steroid dienone is 4. The van der Waals surface area contributed by atoms with Crippen molar-refractivity contribution in [3.05, 3.63) is 236 Å². The number of nitrogens with zero attached hydrogens (tertiary/aromatic N) is 2. The first-order valence-corrected chi connectivity index (χ1v) is 20.6. The van der Waals surface area contributed by atoms with Crippen LogP contribution in [0.25, 0.3) is 54.9 Å². The van der Waals surface area contributed by atoms with Crippen molar-refractivity contribution in [2.24, 2.45) is 5.92 Å². The van der Waals surface area contributed by atoms with Crippen LogP contribution >= 0.6 is 0 Å². The van der Waals surface area contributed by atoms with E-state index in [-0.39, 0.29) is 0 Å². The van der Waals surface area contributed by atoms with Crippen molar-refractivity contribution in [2.45, 2.75) is 13.3 Å². The number of para-hydroxylation sites is 1. The Morgan fingerprint density at radius 3 is 1.34 bits per heavy atom. The summed E-state index contributed by atoms with van der Waals surface area (Å²) >= 11 is 0. The van der Waals surface area contributed by atoms with Gasteiger partial charge in [-0.05, 0) is 117 Å². The van der Waals surface area contributed by atoms with E-state index in [1.807, 2.05) is 0 Å². The van der Waals surface area contributed by atoms with E-state index in [4.69, 9.17) is 0 Å². The summed E-state index contributed by atoms with van der Waals surface area (Å²) in [6, 6.07) is 77.0. The summed E-state index contributed by atoms with van der Waals surface area (Å²) in [7, 11) is 0. The maximum atomic E-state index is 2.46. The van der Waals surface area contributed by atoms with Crippen molar-refractivity contribution >= 4 is 50.0 Å². The highest BCUT2D eigenvalue weighted by Gasteiger charge is 2.22. The molecule has 1 unspecified atom stereocenters. The molecule has 0 bridgehead atoms. The van der Waals surface area contributed by atoms with E-state index >= 15 is 0 Å². The molecule has 1 atom stereocenters. The lowest BCUT2D eigenvalue weighted by Crippen LogP contribution is -2.22. The van der Waals surface area contributed by atoms with Crippen LogP contribution in [0.3, 0.4) is 0 Å². The molecule has 282 valence electrons. The van der Waals surface area contributed by atoms with Crippen LogP contribution in [0, 0.1) is 5.92 Å². The van der Waals surface area contributed by atoms with E-state index in [2.05, 4.69) is 247 Å². The Morgan fingerprint density at radius 2 is 0.797 bits per heavy atom. The summed E-state index contributed by atoms with van der Waals surface area (Å²) in [4.78, 5) is 4.81. The van der Waals surface area contributed by atoms with Crippen LogP contribution in [-0.4, -0.2) is 0 Å². The number of rotatable bonds is 9. The zero-order valence-corrected chi connectivity index (χ0v) is 33.1. The first-order chi connectivity index (χ1) is 29.2. The van der Waals surface area contributed by atoms with Gasteiger partial charge in [-0.1, -0.05) is 171 Å². The highest BCUT2D eigenvalue weighted by atomic mass is 15.2. The highest BCUT2D eigenvalue weighted by Crippen LogP contribution is 2.42. The van der Waals surface area contributed by atoms with Gasteiger partial charge in [0.2, 0.25) is 0 Å². The molecule has 0 spiro atoms. The molecule has 0 amide bonds. The van der Waals surface area contributed by atoms with Crippen molar-refractivity contribution < 1.29 is 0 Å². The van der Waals surface area contributed by atoms with Gasteiger partial charge >= 0.3 is 0 Å². The van der Waals surface area contributed by atoms with E-state index in [0.717, 1.165) is 29.2 Å². The molecular formula is C57H44N2. The minimum absolute atomic E-state index is 0.406. The van der Waals surface area contributed by atoms with Gasteiger partial charge in [0, 0.05) is 39.4 Å². The minimum Gasteiger partial charge on any atom is -0.313 e. The second kappa shape index (κ2) is 15.8. The predicted molar refractivity (Wildman–Crippen MR) is 252 cm³/mol. The third-order valence-corrected chi connectivity index (χ3v) is 11.7. The number of benzene rings is 9. The van der Waals surface area contributed by atoms with E-state index < -0.39 is 0 Å². The lowest BCUT2D eigenvalue weighted by atomic mass is 9.95. The third kappa shape index (κ3) is 7.11. The van der Waals surface area contributed by atoms with Crippen LogP contribution < -0.4 is 9.80 Å². The van der Waals surface area contributed by atoms with Crippen molar-refractivity contribution in [3.8, 4) is 33.4 Å². The maximum absolute atomic E-state index is 2.46. The first-order valence-electron chi connectivity index (χ1n) is 20.6. The molecule has 1 aliphatic rings. The summed E-state index contributed by atoms with van der Waals surface area (Å²) in [6.07, 6.45) is 7.78. The Labute approximate surface area is 347 Å². The lowest BCUT2D eigenvalue weighted by Gasteiger charge is -2.33. The van der Waals surface area contributed by atoms with Gasteiger partial charge < -0.3 is 9.80 Å². The Morgan fingerprint density at radius 1 is 0.373 bits per heavy atom. The topological polar surface area (TPSA) is 6.48 Å². The van der Waals surface area contributed by atoms with Gasteiger partial charge in [-0.25, -0.2) is 0 Å². The zero-order chi connectivity index (χ0) is 39.5. The molecule has 59 heavy (non-hydrogen) atoms. The average Bonchev–Trinajstić information content (AvgIpc) is 3.31. The van der Waals surface area contributed by atoms with E-state index in [1.54, 1.807) is 0 Å². The number of anilines is 5. The molecule has 0 saturated carbocycles. The fourth-order valence-corrected chi connectivity index (χ4v) is 8.63. The monoisotopic (exact) mass is 756 g/mol. The molecule has 0 fully saturated rings. The van der Waals surface area contributed by atoms with Gasteiger partial charge in [0.25, 0.3) is 0 Å². The number of hydrogen-bond acceptors (Lipinski definition) is 2. The minimum atomic E-state index is 0.406. The standard InChI is InChI=1S/C57H44N2/c1-41-15-5-10-28-55(41)59(57-30-14-19-45-17-7-9-27-54(45)57)52-37-33-43(34-38-52)47-21-12-23-49(40-47)48-22-11-20-46(39-48)42-31-35-51(36-32-42)58(50-24-3-2-4-25-50)56-29-13-18-44-16-6-8-26-53(44)56/h2-14,16-41H,15H2,1H3. The maximum Gasteiger partial charge on any atom is 0.0540 e. The molecule has 0 saturated heterocycles. The van der Waals surface area contributed by atoms with Crippen molar-refractivity contribution in [3.63, 3.8) is 0 Å². The molecule has 0 aromatic heterocycles. The van der Waals surface area contributed by atoms with Crippen molar-refractivity contribution in [1.29, 1.82) is 0 Å². The molecule has 9 aromatic rings. The summed E-state index contributed by atoms with van der Waals surface area (Å²) in [5.74, 6) is 0.406. The molecule has 0 radical (unpaired) electrons. The smallest absolute Gasteiger partial charge is 0.0540 e. The van der Waals surface area contributed by atoms with Crippen LogP contribution in [-0.2, 0) is 0 Å². The van der Waals surface area contributed by atoms with Crippen LogP contribution in [0.15, 0.2) is 236 Å². The predicted octanol–water partition coefficient (Wildman–Crippen LogP) is 16.1. The van der Waals surface area contributed by atoms with Crippen LogP contribution in [0.4, 0.5) is 28.4 Å². The number of hydrogen-bond donors (Lipinski definition) is 0. The summed E-state index contributed by atoms with van der Waals surface area (Å²) in [5.41, 5.74) is 14.2. The van der Waals surface area contributed by atoms with Gasteiger partial charge in [-0.2, -0.15) is 0 Å². The molecular weight excluding hydrogens is 713 g/mol. The largest absolute Gasteiger partial charge is 0.313 e. The highest BCUT2D eigenvalue weighted by molar-refractivity contribution is 5.99. The summed E-state index contributed by atoms with van der Waals surface area (Å²) in [5, 5.41) is 4.95. The SMILES string of the molecule is CC1CC=CC=C1N(c1ccc(-c2cccc(-c3cccc(-c4ccc(N(c5ccccc5)c5cccc6ccccc56)cc4)c3)c2)cc1)c1cccc2ccccc12. The van der Waals surface area contributed by atoms with Gasteiger partial charge in [-0.3, -0.25) is 0 Å². The van der Waals surface area contributed by atoms with E-state index in [9.17, 15) is 0 Å². The number of fused-ring (bicyclic) bond motifs is 2. The van der Waals surface area contributed by atoms with E-state index in [1.165, 1.54) is 66.3 Å². The fourth-order valence-electron chi connectivity index (χ4n) is 8.63. The van der Waals surface area contributed by atoms with Gasteiger partial charge in [0.1, 0.15) is 0 Å². The average molecular weight is 757 g/mol. The molecule has 2 heteroatoms. The Kier molecular flexibility index (Phi) is 9.66. The van der Waals surface area contributed by atoms with Crippen LogP contribution in [0.5, 0.6) is 0 Å². The molecule has 2 nitrogen and oxygen atoms in total. The van der Waals surface area contributed by atoms with Crippen molar-refractivity contribution in [1.82, 2.24) is 0 Å². The van der Waals surface area contributed by atoms with Crippen LogP contribution in [0.2, 0.25) is 0 Å². The van der Waals surface area contributed by atoms with Gasteiger partial charge in [0.15, 0.2) is 0 Å². The Balaban J connectivity index is 0.946. The van der Waals surface area contributed by atoms with E-state index in [0.29, 0.717) is 5.92 Å². The quantitative estimate of drug-likeness (QED) is 0.145. The molecule has 1 aliphatic carbocycles. The molecule has 9 aromatic carbocycles.